The first-order valence-electron chi connectivity index (χ1n) is 9.69. The van der Waals surface area contributed by atoms with Gasteiger partial charge in [-0.05, 0) is 30.7 Å². The van der Waals surface area contributed by atoms with Gasteiger partial charge in [-0.3, -0.25) is 14.4 Å². The third kappa shape index (κ3) is 3.87. The van der Waals surface area contributed by atoms with Crippen molar-refractivity contribution in [3.8, 4) is 11.3 Å². The van der Waals surface area contributed by atoms with E-state index in [9.17, 15) is 14.4 Å². The first-order chi connectivity index (χ1) is 13.5. The van der Waals surface area contributed by atoms with Crippen LogP contribution < -0.4 is 5.56 Å². The summed E-state index contributed by atoms with van der Waals surface area (Å²) in [6, 6.07) is 3.47. The molecule has 1 atom stereocenters. The second-order valence-electron chi connectivity index (χ2n) is 7.58. The number of carbonyl (C=O) groups is 2. The van der Waals surface area contributed by atoms with Crippen molar-refractivity contribution in [1.29, 1.82) is 0 Å². The van der Waals surface area contributed by atoms with E-state index in [1.165, 1.54) is 6.07 Å². The Balaban J connectivity index is 1.42. The number of rotatable bonds is 3. The Morgan fingerprint density at radius 1 is 1.18 bits per heavy atom. The third-order valence-corrected chi connectivity index (χ3v) is 6.44. The normalized spacial score (nSPS) is 20.5. The second-order valence-corrected chi connectivity index (χ2v) is 8.36. The number of aromatic amines is 1. The van der Waals surface area contributed by atoms with Gasteiger partial charge < -0.3 is 14.8 Å². The SMILES string of the molecule is CC(=O)N1CCC(C(=O)N2CC[C@H](c3nc(-c4ccsc4)cc(=O)[nH]3)C2)CC1. The number of nitrogens with one attached hydrogen (secondary N) is 1. The Morgan fingerprint density at radius 3 is 2.61 bits per heavy atom. The van der Waals surface area contributed by atoms with Gasteiger partial charge in [0.2, 0.25) is 11.8 Å². The molecule has 8 heteroatoms. The maximum absolute atomic E-state index is 12.9. The first-order valence-corrected chi connectivity index (χ1v) is 10.6. The van der Waals surface area contributed by atoms with Crippen molar-refractivity contribution in [3.05, 3.63) is 39.1 Å². The van der Waals surface area contributed by atoms with Gasteiger partial charge in [0.25, 0.3) is 5.56 Å². The van der Waals surface area contributed by atoms with Crippen LogP contribution in [0.4, 0.5) is 0 Å². The van der Waals surface area contributed by atoms with Crippen LogP contribution in [-0.2, 0) is 9.59 Å². The van der Waals surface area contributed by atoms with Crippen LogP contribution in [0.3, 0.4) is 0 Å². The van der Waals surface area contributed by atoms with Gasteiger partial charge in [0.1, 0.15) is 5.82 Å². The minimum Gasteiger partial charge on any atom is -0.343 e. The van der Waals surface area contributed by atoms with Crippen molar-refractivity contribution in [3.63, 3.8) is 0 Å². The summed E-state index contributed by atoms with van der Waals surface area (Å²) >= 11 is 1.57. The monoisotopic (exact) mass is 400 g/mol. The van der Waals surface area contributed by atoms with Gasteiger partial charge in [0.05, 0.1) is 5.69 Å². The number of nitrogens with zero attached hydrogens (tertiary/aromatic N) is 3. The standard InChI is InChI=1S/C20H24N4O3S/c1-13(25)23-6-2-14(3-7-23)20(27)24-8-4-15(11-24)19-21-17(10-18(26)22-19)16-5-9-28-12-16/h5,9-10,12,14-15H,2-4,6-8,11H2,1H3,(H,21,22,26)/t15-/m0/s1. The van der Waals surface area contributed by atoms with Crippen LogP contribution in [0.15, 0.2) is 27.7 Å². The molecule has 2 fully saturated rings. The van der Waals surface area contributed by atoms with Gasteiger partial charge in [0, 0.05) is 61.9 Å². The molecule has 4 heterocycles. The zero-order valence-electron chi connectivity index (χ0n) is 15.9. The van der Waals surface area contributed by atoms with E-state index in [-0.39, 0.29) is 29.2 Å². The van der Waals surface area contributed by atoms with E-state index in [2.05, 4.69) is 9.97 Å². The van der Waals surface area contributed by atoms with E-state index in [4.69, 9.17) is 0 Å². The predicted octanol–water partition coefficient (Wildman–Crippen LogP) is 2.07. The van der Waals surface area contributed by atoms with Crippen molar-refractivity contribution < 1.29 is 9.59 Å². The highest BCUT2D eigenvalue weighted by molar-refractivity contribution is 7.08. The van der Waals surface area contributed by atoms with Crippen molar-refractivity contribution >= 4 is 23.2 Å². The molecule has 2 aromatic rings. The lowest BCUT2D eigenvalue weighted by Gasteiger charge is -2.32. The largest absolute Gasteiger partial charge is 0.343 e. The summed E-state index contributed by atoms with van der Waals surface area (Å²) in [4.78, 5) is 47.7. The van der Waals surface area contributed by atoms with Gasteiger partial charge in [0.15, 0.2) is 0 Å². The molecular weight excluding hydrogens is 376 g/mol. The fourth-order valence-electron chi connectivity index (χ4n) is 4.11. The molecule has 4 rings (SSSR count). The lowest BCUT2D eigenvalue weighted by Crippen LogP contribution is -2.43. The molecule has 2 saturated heterocycles. The average Bonchev–Trinajstić information content (AvgIpc) is 3.39. The van der Waals surface area contributed by atoms with E-state index in [0.29, 0.717) is 37.7 Å². The molecule has 0 aromatic carbocycles. The van der Waals surface area contributed by atoms with Crippen LogP contribution in [0.1, 0.15) is 37.9 Å². The molecule has 28 heavy (non-hydrogen) atoms. The number of carbonyl (C=O) groups excluding carboxylic acids is 2. The first kappa shape index (κ1) is 18.9. The maximum atomic E-state index is 12.9. The number of H-pyrrole nitrogens is 1. The van der Waals surface area contributed by atoms with Crippen LogP contribution in [0.5, 0.6) is 0 Å². The van der Waals surface area contributed by atoms with Crippen LogP contribution >= 0.6 is 11.3 Å². The Morgan fingerprint density at radius 2 is 1.93 bits per heavy atom. The number of hydrogen-bond acceptors (Lipinski definition) is 5. The molecule has 148 valence electrons. The number of amides is 2. The molecule has 2 aliphatic rings. The summed E-state index contributed by atoms with van der Waals surface area (Å²) < 4.78 is 0. The molecular formula is C20H24N4O3S. The number of piperidine rings is 1. The zero-order chi connectivity index (χ0) is 19.7. The molecule has 0 spiro atoms. The summed E-state index contributed by atoms with van der Waals surface area (Å²) in [5, 5.41) is 3.94. The van der Waals surface area contributed by atoms with Crippen molar-refractivity contribution in [2.75, 3.05) is 26.2 Å². The Hall–Kier alpha value is -2.48. The zero-order valence-corrected chi connectivity index (χ0v) is 16.7. The molecule has 1 N–H and O–H groups in total. The second kappa shape index (κ2) is 7.87. The number of thiophene rings is 1. The van der Waals surface area contributed by atoms with Crippen molar-refractivity contribution in [2.24, 2.45) is 5.92 Å². The van der Waals surface area contributed by atoms with Crippen LogP contribution in [0.2, 0.25) is 0 Å². The lowest BCUT2D eigenvalue weighted by molar-refractivity contribution is -0.139. The lowest BCUT2D eigenvalue weighted by atomic mass is 9.95. The minimum absolute atomic E-state index is 0.0153. The molecule has 0 radical (unpaired) electrons. The Kier molecular flexibility index (Phi) is 5.30. The Labute approximate surface area is 167 Å². The average molecular weight is 401 g/mol. The number of hydrogen-bond donors (Lipinski definition) is 1. The summed E-state index contributed by atoms with van der Waals surface area (Å²) in [5.74, 6) is 0.941. The molecule has 0 aliphatic carbocycles. The van der Waals surface area contributed by atoms with Gasteiger partial charge >= 0.3 is 0 Å². The molecule has 2 aliphatic heterocycles. The smallest absolute Gasteiger partial charge is 0.251 e. The molecule has 2 aromatic heterocycles. The summed E-state index contributed by atoms with van der Waals surface area (Å²) in [7, 11) is 0. The van der Waals surface area contributed by atoms with Gasteiger partial charge in [-0.15, -0.1) is 0 Å². The van der Waals surface area contributed by atoms with Crippen LogP contribution in [0.25, 0.3) is 11.3 Å². The van der Waals surface area contributed by atoms with E-state index < -0.39 is 0 Å². The minimum atomic E-state index is -0.160. The Bertz CT molecular complexity index is 916. The van der Waals surface area contributed by atoms with Crippen LogP contribution in [-0.4, -0.2) is 57.8 Å². The molecule has 2 amide bonds. The van der Waals surface area contributed by atoms with Crippen molar-refractivity contribution in [2.45, 2.75) is 32.1 Å². The summed E-state index contributed by atoms with van der Waals surface area (Å²) in [6.45, 7) is 4.15. The molecule has 0 saturated carbocycles. The summed E-state index contributed by atoms with van der Waals surface area (Å²) in [5.41, 5.74) is 1.47. The van der Waals surface area contributed by atoms with E-state index >= 15 is 0 Å². The topological polar surface area (TPSA) is 86.4 Å². The van der Waals surface area contributed by atoms with Gasteiger partial charge in [-0.2, -0.15) is 11.3 Å². The highest BCUT2D eigenvalue weighted by atomic mass is 32.1. The van der Waals surface area contributed by atoms with Crippen LogP contribution in [0, 0.1) is 5.92 Å². The molecule has 7 nitrogen and oxygen atoms in total. The highest BCUT2D eigenvalue weighted by Gasteiger charge is 2.34. The van der Waals surface area contributed by atoms with Gasteiger partial charge in [-0.25, -0.2) is 4.98 Å². The molecule has 0 bridgehead atoms. The fourth-order valence-corrected chi connectivity index (χ4v) is 4.76. The fraction of sp³-hybridized carbons (Fsp3) is 0.500. The third-order valence-electron chi connectivity index (χ3n) is 5.75. The number of likely N-dealkylation sites (tertiary alicyclic amines) is 2. The van der Waals surface area contributed by atoms with Crippen molar-refractivity contribution in [1.82, 2.24) is 19.8 Å². The van der Waals surface area contributed by atoms with E-state index in [0.717, 1.165) is 24.8 Å². The quantitative estimate of drug-likeness (QED) is 0.855. The maximum Gasteiger partial charge on any atom is 0.251 e. The van der Waals surface area contributed by atoms with E-state index in [1.807, 2.05) is 21.7 Å². The number of aromatic nitrogens is 2. The van der Waals surface area contributed by atoms with Gasteiger partial charge in [-0.1, -0.05) is 0 Å². The predicted molar refractivity (Wildman–Crippen MR) is 107 cm³/mol. The molecule has 0 unspecified atom stereocenters. The summed E-state index contributed by atoms with van der Waals surface area (Å²) in [6.07, 6.45) is 2.25. The van der Waals surface area contributed by atoms with E-state index in [1.54, 1.807) is 23.2 Å². The highest BCUT2D eigenvalue weighted by Crippen LogP contribution is 2.29.